The molecule has 30 heavy (non-hydrogen) atoms. The van der Waals surface area contributed by atoms with Gasteiger partial charge in [-0.15, -0.1) is 11.8 Å². The van der Waals surface area contributed by atoms with Gasteiger partial charge in [0.2, 0.25) is 5.91 Å². The highest BCUT2D eigenvalue weighted by molar-refractivity contribution is 8.00. The molecule has 0 N–H and O–H groups in total. The number of hydrogen-bond donors (Lipinski definition) is 0. The molecule has 2 aliphatic rings. The largest absolute Gasteiger partial charge is 0.493 e. The van der Waals surface area contributed by atoms with Crippen LogP contribution in [0.5, 0.6) is 11.5 Å². The molecular formula is C20H26N2O7S. The highest BCUT2D eigenvalue weighted by atomic mass is 32.2. The van der Waals surface area contributed by atoms with Crippen LogP contribution < -0.4 is 9.47 Å². The fourth-order valence-electron chi connectivity index (χ4n) is 3.69. The maximum absolute atomic E-state index is 12.6. The van der Waals surface area contributed by atoms with Crippen molar-refractivity contribution < 1.29 is 33.3 Å². The molecule has 0 aromatic heterocycles. The Kier molecular flexibility index (Phi) is 7.30. The van der Waals surface area contributed by atoms with Gasteiger partial charge in [0, 0.05) is 24.0 Å². The molecule has 2 aliphatic heterocycles. The summed E-state index contributed by atoms with van der Waals surface area (Å²) in [4.78, 5) is 40.8. The number of thioether (sulfide) groups is 1. The summed E-state index contributed by atoms with van der Waals surface area (Å²) in [7, 11) is 4.44. The zero-order valence-corrected chi connectivity index (χ0v) is 18.1. The zero-order valence-electron chi connectivity index (χ0n) is 17.3. The van der Waals surface area contributed by atoms with Crippen molar-refractivity contribution in [1.29, 1.82) is 0 Å². The third-order valence-electron chi connectivity index (χ3n) is 5.31. The normalized spacial score (nSPS) is 19.4. The predicted molar refractivity (Wildman–Crippen MR) is 109 cm³/mol. The molecule has 0 saturated carbocycles. The Labute approximate surface area is 179 Å². The summed E-state index contributed by atoms with van der Waals surface area (Å²) in [5.41, 5.74) is 0. The van der Waals surface area contributed by atoms with Gasteiger partial charge in [0.05, 0.1) is 27.1 Å². The standard InChI is InChI=1S/C20H26N2O7S/c1-26-16-5-4-14(10-17(16)27-2)30-12-18(23)21-8-6-13(7-9-21)22-15(19(24)28-3)11-29-20(22)25/h4-5,10,13,15H,6-9,11-12H2,1-3H3. The van der Waals surface area contributed by atoms with Gasteiger partial charge in [-0.3, -0.25) is 9.69 Å². The van der Waals surface area contributed by atoms with Crippen molar-refractivity contribution in [2.24, 2.45) is 0 Å². The fraction of sp³-hybridized carbons (Fsp3) is 0.550. The Morgan fingerprint density at radius 2 is 1.83 bits per heavy atom. The molecule has 3 rings (SSSR count). The Bertz CT molecular complexity index is 795. The van der Waals surface area contributed by atoms with E-state index < -0.39 is 18.1 Å². The maximum Gasteiger partial charge on any atom is 0.410 e. The van der Waals surface area contributed by atoms with E-state index in [4.69, 9.17) is 18.9 Å². The SMILES string of the molecule is COC(=O)C1COC(=O)N1C1CCN(C(=O)CSc2ccc(OC)c(OC)c2)CC1. The van der Waals surface area contributed by atoms with Crippen LogP contribution in [-0.2, 0) is 19.1 Å². The van der Waals surface area contributed by atoms with E-state index in [1.54, 1.807) is 19.1 Å². The number of piperidine rings is 1. The number of hydrogen-bond acceptors (Lipinski definition) is 8. The third-order valence-corrected chi connectivity index (χ3v) is 6.29. The summed E-state index contributed by atoms with van der Waals surface area (Å²) in [6.45, 7) is 1.05. The van der Waals surface area contributed by atoms with E-state index in [1.807, 2.05) is 18.2 Å². The zero-order chi connectivity index (χ0) is 21.7. The van der Waals surface area contributed by atoms with Crippen molar-refractivity contribution in [1.82, 2.24) is 9.80 Å². The highest BCUT2D eigenvalue weighted by Gasteiger charge is 2.44. The monoisotopic (exact) mass is 438 g/mol. The van der Waals surface area contributed by atoms with Gasteiger partial charge in [0.15, 0.2) is 17.5 Å². The first kappa shape index (κ1) is 22.1. The van der Waals surface area contributed by atoms with Crippen molar-refractivity contribution >= 4 is 29.7 Å². The summed E-state index contributed by atoms with van der Waals surface area (Å²) in [5.74, 6) is 1.11. The predicted octanol–water partition coefficient (Wildman–Crippen LogP) is 1.78. The first-order valence-electron chi connectivity index (χ1n) is 9.64. The molecule has 1 aromatic carbocycles. The number of methoxy groups -OCH3 is 3. The van der Waals surface area contributed by atoms with E-state index in [9.17, 15) is 14.4 Å². The second-order valence-electron chi connectivity index (χ2n) is 6.94. The van der Waals surface area contributed by atoms with Crippen LogP contribution in [0.1, 0.15) is 12.8 Å². The molecule has 0 spiro atoms. The number of amides is 2. The molecule has 2 heterocycles. The minimum absolute atomic E-state index is 0.00656. The molecule has 9 nitrogen and oxygen atoms in total. The molecule has 0 aliphatic carbocycles. The minimum Gasteiger partial charge on any atom is -0.493 e. The molecule has 1 aromatic rings. The summed E-state index contributed by atoms with van der Waals surface area (Å²) in [6.07, 6.45) is 0.684. The van der Waals surface area contributed by atoms with Gasteiger partial charge in [-0.05, 0) is 31.0 Å². The number of cyclic esters (lactones) is 1. The number of esters is 1. The smallest absolute Gasteiger partial charge is 0.410 e. The Morgan fingerprint density at radius 1 is 1.13 bits per heavy atom. The lowest BCUT2D eigenvalue weighted by Crippen LogP contribution is -2.52. The summed E-state index contributed by atoms with van der Waals surface area (Å²) < 4.78 is 20.3. The average molecular weight is 439 g/mol. The molecule has 1 atom stereocenters. The molecule has 164 valence electrons. The number of nitrogens with zero attached hydrogens (tertiary/aromatic N) is 2. The van der Waals surface area contributed by atoms with Gasteiger partial charge in [0.1, 0.15) is 6.61 Å². The summed E-state index contributed by atoms with van der Waals surface area (Å²) in [6, 6.07) is 4.68. The average Bonchev–Trinajstić information content (AvgIpc) is 3.18. The quantitative estimate of drug-likeness (QED) is 0.470. The highest BCUT2D eigenvalue weighted by Crippen LogP contribution is 2.32. The molecule has 0 radical (unpaired) electrons. The fourth-order valence-corrected chi connectivity index (χ4v) is 4.52. The molecule has 1 unspecified atom stereocenters. The van der Waals surface area contributed by atoms with Crippen molar-refractivity contribution in [2.45, 2.75) is 29.8 Å². The van der Waals surface area contributed by atoms with Crippen LogP contribution >= 0.6 is 11.8 Å². The lowest BCUT2D eigenvalue weighted by Gasteiger charge is -2.37. The Balaban J connectivity index is 1.52. The molecule has 10 heteroatoms. The first-order valence-corrected chi connectivity index (χ1v) is 10.6. The summed E-state index contributed by atoms with van der Waals surface area (Å²) in [5, 5.41) is 0. The number of likely N-dealkylation sites (tertiary alicyclic amines) is 1. The lowest BCUT2D eigenvalue weighted by molar-refractivity contribution is -0.146. The number of rotatable bonds is 7. The van der Waals surface area contributed by atoms with Crippen LogP contribution in [0, 0.1) is 0 Å². The molecule has 2 saturated heterocycles. The number of carbonyl (C=O) groups is 3. The maximum atomic E-state index is 12.6. The van der Waals surface area contributed by atoms with Gasteiger partial charge >= 0.3 is 12.1 Å². The van der Waals surface area contributed by atoms with Crippen molar-refractivity contribution in [2.75, 3.05) is 46.8 Å². The van der Waals surface area contributed by atoms with Crippen LogP contribution in [-0.4, -0.2) is 86.6 Å². The molecule has 2 fully saturated rings. The van der Waals surface area contributed by atoms with Gasteiger partial charge in [-0.25, -0.2) is 9.59 Å². The van der Waals surface area contributed by atoms with Crippen LogP contribution in [0.3, 0.4) is 0 Å². The van der Waals surface area contributed by atoms with E-state index in [0.717, 1.165) is 4.90 Å². The number of benzene rings is 1. The summed E-state index contributed by atoms with van der Waals surface area (Å²) >= 11 is 1.43. The van der Waals surface area contributed by atoms with Crippen molar-refractivity contribution in [3.63, 3.8) is 0 Å². The van der Waals surface area contributed by atoms with Crippen molar-refractivity contribution in [3.8, 4) is 11.5 Å². The number of ether oxygens (including phenoxy) is 4. The van der Waals surface area contributed by atoms with Crippen LogP contribution in [0.15, 0.2) is 23.1 Å². The minimum atomic E-state index is -0.713. The first-order chi connectivity index (χ1) is 14.5. The van der Waals surface area contributed by atoms with Crippen LogP contribution in [0.4, 0.5) is 4.79 Å². The topological polar surface area (TPSA) is 94.6 Å². The number of carbonyl (C=O) groups excluding carboxylic acids is 3. The van der Waals surface area contributed by atoms with E-state index >= 15 is 0 Å². The Morgan fingerprint density at radius 3 is 2.47 bits per heavy atom. The van der Waals surface area contributed by atoms with Crippen LogP contribution in [0.2, 0.25) is 0 Å². The van der Waals surface area contributed by atoms with Gasteiger partial charge in [0.25, 0.3) is 0 Å². The van der Waals surface area contributed by atoms with Crippen molar-refractivity contribution in [3.05, 3.63) is 18.2 Å². The molecular weight excluding hydrogens is 412 g/mol. The van der Waals surface area contributed by atoms with E-state index in [-0.39, 0.29) is 18.6 Å². The Hall–Kier alpha value is -2.62. The van der Waals surface area contributed by atoms with Gasteiger partial charge in [-0.2, -0.15) is 0 Å². The van der Waals surface area contributed by atoms with Crippen LogP contribution in [0.25, 0.3) is 0 Å². The van der Waals surface area contributed by atoms with E-state index in [1.165, 1.54) is 23.8 Å². The van der Waals surface area contributed by atoms with E-state index in [2.05, 4.69) is 0 Å². The molecule has 0 bridgehead atoms. The second kappa shape index (κ2) is 9.92. The van der Waals surface area contributed by atoms with Gasteiger partial charge < -0.3 is 23.8 Å². The lowest BCUT2D eigenvalue weighted by atomic mass is 10.0. The van der Waals surface area contributed by atoms with E-state index in [0.29, 0.717) is 43.2 Å². The second-order valence-corrected chi connectivity index (χ2v) is 7.99. The molecule has 2 amide bonds. The van der Waals surface area contributed by atoms with Gasteiger partial charge in [-0.1, -0.05) is 0 Å². The third kappa shape index (κ3) is 4.75.